The molecule has 0 saturated carbocycles. The number of aryl methyl sites for hydroxylation is 4. The van der Waals surface area contributed by atoms with E-state index in [1.807, 2.05) is 13.0 Å². The van der Waals surface area contributed by atoms with Crippen LogP contribution in [0.25, 0.3) is 0 Å². The van der Waals surface area contributed by atoms with Crippen LogP contribution in [0.1, 0.15) is 34.6 Å². The summed E-state index contributed by atoms with van der Waals surface area (Å²) in [6.07, 6.45) is 4.14. The molecule has 2 unspecified atom stereocenters. The topological polar surface area (TPSA) is 56.2 Å². The van der Waals surface area contributed by atoms with Crippen LogP contribution in [0, 0.1) is 20.8 Å². The Labute approximate surface area is 142 Å². The highest BCUT2D eigenvalue weighted by atomic mass is 16.5. The quantitative estimate of drug-likeness (QED) is 0.921. The number of aromatic nitrogens is 2. The summed E-state index contributed by atoms with van der Waals surface area (Å²) >= 11 is 0. The third-order valence-corrected chi connectivity index (χ3v) is 5.10. The van der Waals surface area contributed by atoms with E-state index in [0.29, 0.717) is 6.42 Å². The van der Waals surface area contributed by atoms with Crippen molar-refractivity contribution in [3.63, 3.8) is 0 Å². The average molecular weight is 325 g/mol. The highest BCUT2D eigenvalue weighted by Gasteiger charge is 2.31. The summed E-state index contributed by atoms with van der Waals surface area (Å²) in [7, 11) is 0. The number of nitrogens with one attached hydrogen (secondary N) is 1. The van der Waals surface area contributed by atoms with Gasteiger partial charge in [-0.25, -0.2) is 4.98 Å². The molecule has 0 bridgehead atoms. The van der Waals surface area contributed by atoms with E-state index >= 15 is 0 Å². The summed E-state index contributed by atoms with van der Waals surface area (Å²) in [6, 6.07) is 4.33. The van der Waals surface area contributed by atoms with Crippen molar-refractivity contribution in [3.05, 3.63) is 46.5 Å². The molecule has 0 spiro atoms. The molecule has 0 radical (unpaired) electrons. The van der Waals surface area contributed by atoms with E-state index in [2.05, 4.69) is 41.0 Å². The normalized spacial score (nSPS) is 21.8. The minimum absolute atomic E-state index is 0.00760. The van der Waals surface area contributed by atoms with Crippen LogP contribution in [-0.4, -0.2) is 27.6 Å². The zero-order valence-corrected chi connectivity index (χ0v) is 14.4. The number of ether oxygens (including phenoxy) is 1. The van der Waals surface area contributed by atoms with Crippen molar-refractivity contribution < 1.29 is 9.53 Å². The Bertz CT molecular complexity index is 778. The third kappa shape index (κ3) is 2.68. The molecule has 2 atom stereocenters. The standard InChI is InChI=1S/C19H23N3O2/c1-11-6-14-8-17(24-16(14)7-12(11)2)19(23)21-15-4-5-18-20-13(3)9-22(18)10-15/h6-7,9,15,17H,4-5,8,10H2,1-3H3,(H,21,23). The van der Waals surface area contributed by atoms with E-state index in [1.54, 1.807) is 0 Å². The highest BCUT2D eigenvalue weighted by Crippen LogP contribution is 2.31. The smallest absolute Gasteiger partial charge is 0.261 e. The molecule has 1 aromatic heterocycles. The molecule has 5 nitrogen and oxygen atoms in total. The monoisotopic (exact) mass is 325 g/mol. The van der Waals surface area contributed by atoms with Crippen LogP contribution in [0.15, 0.2) is 18.3 Å². The van der Waals surface area contributed by atoms with Crippen molar-refractivity contribution in [2.45, 2.75) is 58.7 Å². The summed E-state index contributed by atoms with van der Waals surface area (Å²) in [4.78, 5) is 17.1. The zero-order valence-electron chi connectivity index (χ0n) is 14.4. The van der Waals surface area contributed by atoms with Crippen molar-refractivity contribution >= 4 is 5.91 Å². The van der Waals surface area contributed by atoms with E-state index < -0.39 is 6.10 Å². The van der Waals surface area contributed by atoms with Crippen LogP contribution in [0.3, 0.4) is 0 Å². The summed E-state index contributed by atoms with van der Waals surface area (Å²) in [5, 5.41) is 3.16. The van der Waals surface area contributed by atoms with Gasteiger partial charge in [0, 0.05) is 31.6 Å². The fraction of sp³-hybridized carbons (Fsp3) is 0.474. The van der Waals surface area contributed by atoms with Gasteiger partial charge < -0.3 is 14.6 Å². The maximum atomic E-state index is 12.6. The predicted molar refractivity (Wildman–Crippen MR) is 91.3 cm³/mol. The second-order valence-electron chi connectivity index (χ2n) is 7.05. The van der Waals surface area contributed by atoms with Gasteiger partial charge in [-0.3, -0.25) is 4.79 Å². The number of benzene rings is 1. The van der Waals surface area contributed by atoms with Gasteiger partial charge in [-0.2, -0.15) is 0 Å². The lowest BCUT2D eigenvalue weighted by Gasteiger charge is -2.25. The number of carbonyl (C=O) groups excluding carboxylic acids is 1. The fourth-order valence-corrected chi connectivity index (χ4v) is 3.66. The fourth-order valence-electron chi connectivity index (χ4n) is 3.66. The van der Waals surface area contributed by atoms with Gasteiger partial charge in [-0.15, -0.1) is 0 Å². The molecule has 2 aromatic rings. The molecule has 3 heterocycles. The first kappa shape index (κ1) is 15.2. The zero-order chi connectivity index (χ0) is 16.8. The number of rotatable bonds is 2. The average Bonchev–Trinajstić information content (AvgIpc) is 3.09. The van der Waals surface area contributed by atoms with Crippen LogP contribution in [0.4, 0.5) is 0 Å². The molecule has 2 aliphatic rings. The van der Waals surface area contributed by atoms with Gasteiger partial charge in [0.15, 0.2) is 6.10 Å². The first-order chi connectivity index (χ1) is 11.5. The first-order valence-electron chi connectivity index (χ1n) is 8.59. The summed E-state index contributed by atoms with van der Waals surface area (Å²) < 4.78 is 8.04. The molecule has 1 amide bonds. The van der Waals surface area contributed by atoms with Crippen LogP contribution in [0.2, 0.25) is 0 Å². The highest BCUT2D eigenvalue weighted by molar-refractivity contribution is 5.82. The van der Waals surface area contributed by atoms with Crippen molar-refractivity contribution in [3.8, 4) is 5.75 Å². The van der Waals surface area contributed by atoms with E-state index in [-0.39, 0.29) is 11.9 Å². The van der Waals surface area contributed by atoms with E-state index in [4.69, 9.17) is 4.74 Å². The third-order valence-electron chi connectivity index (χ3n) is 5.10. The lowest BCUT2D eigenvalue weighted by atomic mass is 10.0. The van der Waals surface area contributed by atoms with Crippen LogP contribution in [0.5, 0.6) is 5.75 Å². The largest absolute Gasteiger partial charge is 0.480 e. The lowest BCUT2D eigenvalue weighted by molar-refractivity contribution is -0.128. The molecule has 2 aliphatic heterocycles. The number of hydrogen-bond donors (Lipinski definition) is 1. The number of fused-ring (bicyclic) bond motifs is 2. The van der Waals surface area contributed by atoms with E-state index in [9.17, 15) is 4.79 Å². The maximum absolute atomic E-state index is 12.6. The van der Waals surface area contributed by atoms with Gasteiger partial charge in [0.25, 0.3) is 5.91 Å². The van der Waals surface area contributed by atoms with Gasteiger partial charge in [0.1, 0.15) is 11.6 Å². The Morgan fingerprint density at radius 2 is 2.08 bits per heavy atom. The number of hydrogen-bond acceptors (Lipinski definition) is 3. The summed E-state index contributed by atoms with van der Waals surface area (Å²) in [6.45, 7) is 6.96. The van der Waals surface area contributed by atoms with Gasteiger partial charge in [-0.1, -0.05) is 6.07 Å². The Morgan fingerprint density at radius 1 is 1.29 bits per heavy atom. The number of carbonyl (C=O) groups is 1. The molecule has 24 heavy (non-hydrogen) atoms. The van der Waals surface area contributed by atoms with Gasteiger partial charge in [0.2, 0.25) is 0 Å². The van der Waals surface area contributed by atoms with E-state index in [1.165, 1.54) is 11.1 Å². The molecule has 0 aliphatic carbocycles. The van der Waals surface area contributed by atoms with Crippen molar-refractivity contribution in [2.24, 2.45) is 0 Å². The molecule has 126 valence electrons. The molecular formula is C19H23N3O2. The summed E-state index contributed by atoms with van der Waals surface area (Å²) in [5.41, 5.74) is 4.62. The Balaban J connectivity index is 1.41. The van der Waals surface area contributed by atoms with Crippen molar-refractivity contribution in [1.82, 2.24) is 14.9 Å². The molecular weight excluding hydrogens is 302 g/mol. The van der Waals surface area contributed by atoms with Crippen LogP contribution < -0.4 is 10.1 Å². The Morgan fingerprint density at radius 3 is 2.92 bits per heavy atom. The SMILES string of the molecule is Cc1cn2c(n1)CCC(NC(=O)C1Cc3cc(C)c(C)cc3O1)C2. The predicted octanol–water partition coefficient (Wildman–Crippen LogP) is 2.24. The van der Waals surface area contributed by atoms with Crippen molar-refractivity contribution in [1.29, 1.82) is 0 Å². The number of imidazole rings is 1. The van der Waals surface area contributed by atoms with Gasteiger partial charge in [-0.05, 0) is 49.9 Å². The maximum Gasteiger partial charge on any atom is 0.261 e. The van der Waals surface area contributed by atoms with Crippen molar-refractivity contribution in [2.75, 3.05) is 0 Å². The minimum Gasteiger partial charge on any atom is -0.480 e. The molecule has 0 fully saturated rings. The van der Waals surface area contributed by atoms with Crippen LogP contribution >= 0.6 is 0 Å². The second-order valence-corrected chi connectivity index (χ2v) is 7.05. The number of amides is 1. The minimum atomic E-state index is -0.410. The Hall–Kier alpha value is -2.30. The molecule has 1 aromatic carbocycles. The molecule has 5 heteroatoms. The number of nitrogens with zero attached hydrogens (tertiary/aromatic N) is 2. The van der Waals surface area contributed by atoms with Gasteiger partial charge >= 0.3 is 0 Å². The second kappa shape index (κ2) is 5.65. The van der Waals surface area contributed by atoms with Gasteiger partial charge in [0.05, 0.1) is 5.69 Å². The van der Waals surface area contributed by atoms with E-state index in [0.717, 1.165) is 42.2 Å². The first-order valence-corrected chi connectivity index (χ1v) is 8.59. The lowest BCUT2D eigenvalue weighted by Crippen LogP contribution is -2.46. The molecule has 0 saturated heterocycles. The Kier molecular flexibility index (Phi) is 3.59. The summed E-state index contributed by atoms with van der Waals surface area (Å²) in [5.74, 6) is 1.97. The van der Waals surface area contributed by atoms with Crippen LogP contribution in [-0.2, 0) is 24.2 Å². The molecule has 4 rings (SSSR count). The molecule has 1 N–H and O–H groups in total.